The number of anilines is 1. The molecule has 1 amide bonds. The first kappa shape index (κ1) is 21.2. The van der Waals surface area contributed by atoms with Crippen LogP contribution in [0.2, 0.25) is 0 Å². The quantitative estimate of drug-likeness (QED) is 0.646. The highest BCUT2D eigenvalue weighted by molar-refractivity contribution is 7.89. The lowest BCUT2D eigenvalue weighted by Crippen LogP contribution is -2.40. The molecule has 162 valence electrons. The summed E-state index contributed by atoms with van der Waals surface area (Å²) in [6, 6.07) is 11.2. The van der Waals surface area contributed by atoms with Crippen LogP contribution in [0.5, 0.6) is 0 Å². The van der Waals surface area contributed by atoms with Crippen LogP contribution in [-0.4, -0.2) is 49.9 Å². The van der Waals surface area contributed by atoms with E-state index in [0.717, 1.165) is 10.9 Å². The number of ether oxygens (including phenoxy) is 1. The number of fused-ring (bicyclic) bond motifs is 1. The molecule has 2 N–H and O–H groups in total. The Morgan fingerprint density at radius 2 is 1.71 bits per heavy atom. The molecule has 31 heavy (non-hydrogen) atoms. The van der Waals surface area contributed by atoms with Crippen LogP contribution in [0.25, 0.3) is 10.9 Å². The van der Waals surface area contributed by atoms with E-state index in [2.05, 4.69) is 10.3 Å². The second-order valence-corrected chi connectivity index (χ2v) is 9.40. The molecule has 0 bridgehead atoms. The van der Waals surface area contributed by atoms with E-state index in [9.17, 15) is 18.0 Å². The van der Waals surface area contributed by atoms with E-state index in [1.807, 2.05) is 13.0 Å². The van der Waals surface area contributed by atoms with Crippen LogP contribution in [0, 0.1) is 13.8 Å². The number of pyridine rings is 1. The van der Waals surface area contributed by atoms with E-state index in [-0.39, 0.29) is 16.4 Å². The predicted molar refractivity (Wildman–Crippen MR) is 118 cm³/mol. The van der Waals surface area contributed by atoms with Crippen LogP contribution >= 0.6 is 0 Å². The summed E-state index contributed by atoms with van der Waals surface area (Å²) in [7, 11) is -3.61. The molecule has 0 radical (unpaired) electrons. The van der Waals surface area contributed by atoms with E-state index in [1.165, 1.54) is 28.6 Å². The maximum absolute atomic E-state index is 12.7. The number of aromatic nitrogens is 1. The fourth-order valence-corrected chi connectivity index (χ4v) is 4.97. The minimum absolute atomic E-state index is 0.139. The Morgan fingerprint density at radius 3 is 2.39 bits per heavy atom. The third kappa shape index (κ3) is 4.12. The molecule has 4 rings (SSSR count). The Hall–Kier alpha value is -3.01. The van der Waals surface area contributed by atoms with E-state index in [4.69, 9.17) is 4.74 Å². The average Bonchev–Trinajstić information content (AvgIpc) is 2.78. The van der Waals surface area contributed by atoms with Gasteiger partial charge in [0.2, 0.25) is 10.0 Å². The standard InChI is InChI=1S/C22H23N3O5S/c1-14-15(2)21(26)24-20-13-17(5-8-19(14)20)23-22(27)16-3-6-18(7-4-16)31(28,29)25-9-11-30-12-10-25/h3-8,13H,9-12H2,1-2H3,(H,23,27)(H,24,26). The highest BCUT2D eigenvalue weighted by atomic mass is 32.2. The van der Waals surface area contributed by atoms with Crippen LogP contribution in [-0.2, 0) is 14.8 Å². The lowest BCUT2D eigenvalue weighted by atomic mass is 10.1. The topological polar surface area (TPSA) is 109 Å². The van der Waals surface area contributed by atoms with Crippen molar-refractivity contribution in [3.63, 3.8) is 0 Å². The Morgan fingerprint density at radius 1 is 1.03 bits per heavy atom. The van der Waals surface area contributed by atoms with Crippen LogP contribution in [0.15, 0.2) is 52.2 Å². The van der Waals surface area contributed by atoms with Crippen LogP contribution in [0.3, 0.4) is 0 Å². The molecule has 0 atom stereocenters. The molecule has 0 saturated carbocycles. The third-order valence-corrected chi connectivity index (χ3v) is 7.47. The number of nitrogens with zero attached hydrogens (tertiary/aromatic N) is 1. The average molecular weight is 442 g/mol. The summed E-state index contributed by atoms with van der Waals surface area (Å²) in [5.74, 6) is -0.374. The van der Waals surface area contributed by atoms with Crippen molar-refractivity contribution in [2.45, 2.75) is 18.7 Å². The molecule has 9 heteroatoms. The van der Waals surface area contributed by atoms with Gasteiger partial charge in [-0.2, -0.15) is 4.31 Å². The molecule has 0 aliphatic carbocycles. The Kier molecular flexibility index (Phi) is 5.65. The van der Waals surface area contributed by atoms with Gasteiger partial charge in [-0.1, -0.05) is 6.07 Å². The van der Waals surface area contributed by atoms with Gasteiger partial charge in [0.05, 0.1) is 23.6 Å². The van der Waals surface area contributed by atoms with Gasteiger partial charge in [-0.25, -0.2) is 8.42 Å². The summed E-state index contributed by atoms with van der Waals surface area (Å²) < 4.78 is 32.0. The molecule has 1 aliphatic heterocycles. The van der Waals surface area contributed by atoms with Crippen LogP contribution in [0.4, 0.5) is 5.69 Å². The van der Waals surface area contributed by atoms with Gasteiger partial charge in [0.15, 0.2) is 0 Å². The van der Waals surface area contributed by atoms with Gasteiger partial charge < -0.3 is 15.0 Å². The van der Waals surface area contributed by atoms with Crippen molar-refractivity contribution in [1.29, 1.82) is 0 Å². The monoisotopic (exact) mass is 441 g/mol. The predicted octanol–water partition coefficient (Wildman–Crippen LogP) is 2.42. The number of hydrogen-bond acceptors (Lipinski definition) is 5. The number of nitrogens with one attached hydrogen (secondary N) is 2. The van der Waals surface area contributed by atoms with Crippen LogP contribution < -0.4 is 10.9 Å². The Labute approximate surface area is 179 Å². The number of H-pyrrole nitrogens is 1. The maximum Gasteiger partial charge on any atom is 0.255 e. The Balaban J connectivity index is 1.54. The first-order chi connectivity index (χ1) is 14.8. The molecule has 0 unspecified atom stereocenters. The van der Waals surface area contributed by atoms with Gasteiger partial charge in [-0.15, -0.1) is 0 Å². The summed E-state index contributed by atoms with van der Waals surface area (Å²) in [5, 5.41) is 3.70. The van der Waals surface area contributed by atoms with Crippen molar-refractivity contribution in [1.82, 2.24) is 9.29 Å². The summed E-state index contributed by atoms with van der Waals surface area (Å²) in [5.41, 5.74) is 2.89. The van der Waals surface area contributed by atoms with Gasteiger partial charge in [0.25, 0.3) is 11.5 Å². The van der Waals surface area contributed by atoms with Crippen LogP contribution in [0.1, 0.15) is 21.5 Å². The van der Waals surface area contributed by atoms with Gasteiger partial charge in [0, 0.05) is 35.3 Å². The van der Waals surface area contributed by atoms with Gasteiger partial charge in [-0.3, -0.25) is 9.59 Å². The van der Waals surface area contributed by atoms with E-state index in [1.54, 1.807) is 19.1 Å². The zero-order valence-corrected chi connectivity index (χ0v) is 18.1. The molecule has 1 saturated heterocycles. The van der Waals surface area contributed by atoms with Crippen molar-refractivity contribution in [3.05, 3.63) is 69.5 Å². The summed E-state index contributed by atoms with van der Waals surface area (Å²) in [6.07, 6.45) is 0. The number of benzene rings is 2. The van der Waals surface area contributed by atoms with Gasteiger partial charge >= 0.3 is 0 Å². The number of carbonyl (C=O) groups is 1. The van der Waals surface area contributed by atoms with Gasteiger partial charge in [0.1, 0.15) is 0 Å². The lowest BCUT2D eigenvalue weighted by Gasteiger charge is -2.26. The molecule has 1 aliphatic rings. The second kappa shape index (κ2) is 8.26. The zero-order valence-electron chi connectivity index (χ0n) is 17.3. The van der Waals surface area contributed by atoms with E-state index >= 15 is 0 Å². The van der Waals surface area contributed by atoms with Gasteiger partial charge in [-0.05, 0) is 55.8 Å². The van der Waals surface area contributed by atoms with Crippen molar-refractivity contribution < 1.29 is 17.9 Å². The second-order valence-electron chi connectivity index (χ2n) is 7.46. The molecule has 3 aromatic rings. The molecule has 2 aromatic carbocycles. The fraction of sp³-hybridized carbons (Fsp3) is 0.273. The minimum Gasteiger partial charge on any atom is -0.379 e. The number of carbonyl (C=O) groups excluding carboxylic acids is 1. The van der Waals surface area contributed by atoms with E-state index in [0.29, 0.717) is 48.6 Å². The zero-order chi connectivity index (χ0) is 22.2. The smallest absolute Gasteiger partial charge is 0.255 e. The normalized spacial score (nSPS) is 15.2. The summed E-state index contributed by atoms with van der Waals surface area (Å²) in [4.78, 5) is 27.6. The highest BCUT2D eigenvalue weighted by Gasteiger charge is 2.26. The highest BCUT2D eigenvalue weighted by Crippen LogP contribution is 2.22. The molecule has 2 heterocycles. The third-order valence-electron chi connectivity index (χ3n) is 5.56. The first-order valence-electron chi connectivity index (χ1n) is 9.90. The largest absolute Gasteiger partial charge is 0.379 e. The Bertz CT molecular complexity index is 1310. The van der Waals surface area contributed by atoms with Crippen molar-refractivity contribution in [2.24, 2.45) is 0 Å². The number of amides is 1. The van der Waals surface area contributed by atoms with E-state index < -0.39 is 10.0 Å². The van der Waals surface area contributed by atoms with Crippen molar-refractivity contribution in [2.75, 3.05) is 31.6 Å². The number of aryl methyl sites for hydroxylation is 1. The summed E-state index contributed by atoms with van der Waals surface area (Å²) in [6.45, 7) is 5.02. The number of morpholine rings is 1. The number of hydrogen-bond donors (Lipinski definition) is 2. The molecular formula is C22H23N3O5S. The minimum atomic E-state index is -3.61. The SMILES string of the molecule is Cc1c(C)c2ccc(NC(=O)c3ccc(S(=O)(=O)N4CCOCC4)cc3)cc2[nH]c1=O. The molecule has 1 aromatic heterocycles. The lowest BCUT2D eigenvalue weighted by molar-refractivity contribution is 0.0730. The number of sulfonamides is 1. The maximum atomic E-state index is 12.7. The molecular weight excluding hydrogens is 418 g/mol. The number of rotatable bonds is 4. The molecule has 1 fully saturated rings. The number of aromatic amines is 1. The fourth-order valence-electron chi connectivity index (χ4n) is 3.56. The van der Waals surface area contributed by atoms with Crippen molar-refractivity contribution in [3.8, 4) is 0 Å². The molecule has 0 spiro atoms. The first-order valence-corrected chi connectivity index (χ1v) is 11.3. The summed E-state index contributed by atoms with van der Waals surface area (Å²) >= 11 is 0. The van der Waals surface area contributed by atoms with Crippen molar-refractivity contribution >= 4 is 32.5 Å². The molecule has 8 nitrogen and oxygen atoms in total.